The van der Waals surface area contributed by atoms with Crippen molar-refractivity contribution in [1.29, 1.82) is 0 Å². The number of likely N-dealkylation sites (N-methyl/N-ethyl adjacent to an activating group) is 1. The number of carbonyl (C=O) groups is 1. The number of ether oxygens (including phenoxy) is 2. The minimum Gasteiger partial charge on any atom is -0.490 e. The third kappa shape index (κ3) is 4.25. The summed E-state index contributed by atoms with van der Waals surface area (Å²) in [6.07, 6.45) is -0.634. The van der Waals surface area contributed by atoms with Crippen LogP contribution in [0.4, 0.5) is 4.79 Å². The van der Waals surface area contributed by atoms with Crippen molar-refractivity contribution in [3.05, 3.63) is 29.3 Å². The Bertz CT molecular complexity index is 500. The van der Waals surface area contributed by atoms with Crippen LogP contribution in [0.5, 0.6) is 5.75 Å². The summed E-state index contributed by atoms with van der Waals surface area (Å²) in [7, 11) is 0. The number of carbonyl (C=O) groups excluding carboxylic acids is 1. The standard InChI is InChI=1S/C15H21ClN2O4/c1-2-18(12-9-21-10-13(12)19)15(20)17-7-8-22-14-6-4-3-5-11(14)16/h3-6,12-13,19H,2,7-10H2,1H3,(H,17,20)/t12-,13-/m0/s1. The van der Waals surface area contributed by atoms with Gasteiger partial charge in [-0.25, -0.2) is 4.79 Å². The maximum Gasteiger partial charge on any atom is 0.317 e. The molecule has 1 aliphatic heterocycles. The molecule has 2 amide bonds. The van der Waals surface area contributed by atoms with Gasteiger partial charge in [-0.3, -0.25) is 0 Å². The van der Waals surface area contributed by atoms with Crippen molar-refractivity contribution in [2.75, 3.05) is 32.9 Å². The Labute approximate surface area is 135 Å². The van der Waals surface area contributed by atoms with Crippen LogP contribution < -0.4 is 10.1 Å². The average Bonchev–Trinajstić information content (AvgIpc) is 2.92. The van der Waals surface area contributed by atoms with Crippen LogP contribution in [-0.2, 0) is 4.74 Å². The van der Waals surface area contributed by atoms with Crippen LogP contribution in [0.25, 0.3) is 0 Å². The molecule has 0 saturated carbocycles. The van der Waals surface area contributed by atoms with E-state index < -0.39 is 6.10 Å². The molecule has 1 heterocycles. The van der Waals surface area contributed by atoms with Gasteiger partial charge in [0.15, 0.2) is 0 Å². The van der Waals surface area contributed by atoms with Crippen LogP contribution in [0.15, 0.2) is 24.3 Å². The van der Waals surface area contributed by atoms with Gasteiger partial charge in [-0.15, -0.1) is 0 Å². The fraction of sp³-hybridized carbons (Fsp3) is 0.533. The van der Waals surface area contributed by atoms with E-state index in [1.807, 2.05) is 19.1 Å². The molecule has 0 radical (unpaired) electrons. The SMILES string of the molecule is CCN(C(=O)NCCOc1ccccc1Cl)[C@H]1COC[C@@H]1O. The molecule has 1 saturated heterocycles. The fourth-order valence-electron chi connectivity index (χ4n) is 2.34. The van der Waals surface area contributed by atoms with Crippen LogP contribution in [0.1, 0.15) is 6.92 Å². The number of rotatable bonds is 6. The molecule has 0 aromatic heterocycles. The van der Waals surface area contributed by atoms with Gasteiger partial charge in [0.05, 0.1) is 36.9 Å². The zero-order valence-electron chi connectivity index (χ0n) is 12.5. The lowest BCUT2D eigenvalue weighted by Crippen LogP contribution is -2.51. The molecule has 0 spiro atoms. The molecule has 1 aromatic carbocycles. The van der Waals surface area contributed by atoms with E-state index in [9.17, 15) is 9.90 Å². The van der Waals surface area contributed by atoms with Crippen LogP contribution in [0.3, 0.4) is 0 Å². The first-order chi connectivity index (χ1) is 10.6. The molecule has 1 fully saturated rings. The lowest BCUT2D eigenvalue weighted by molar-refractivity contribution is 0.0960. The summed E-state index contributed by atoms with van der Waals surface area (Å²) >= 11 is 5.98. The van der Waals surface area contributed by atoms with Gasteiger partial charge in [0.1, 0.15) is 12.4 Å². The predicted octanol–water partition coefficient (Wildman–Crippen LogP) is 1.51. The second-order valence-corrected chi connectivity index (χ2v) is 5.38. The van der Waals surface area contributed by atoms with Crippen LogP contribution in [0.2, 0.25) is 5.02 Å². The van der Waals surface area contributed by atoms with Gasteiger partial charge in [0, 0.05) is 6.54 Å². The fourth-order valence-corrected chi connectivity index (χ4v) is 2.53. The Morgan fingerprint density at radius 1 is 1.50 bits per heavy atom. The highest BCUT2D eigenvalue weighted by molar-refractivity contribution is 6.32. The number of halogens is 1. The maximum atomic E-state index is 12.2. The minimum atomic E-state index is -0.634. The van der Waals surface area contributed by atoms with Crippen molar-refractivity contribution in [3.63, 3.8) is 0 Å². The molecule has 0 aliphatic carbocycles. The summed E-state index contributed by atoms with van der Waals surface area (Å²) in [4.78, 5) is 13.7. The highest BCUT2D eigenvalue weighted by Crippen LogP contribution is 2.22. The number of hydrogen-bond acceptors (Lipinski definition) is 4. The van der Waals surface area contributed by atoms with Crippen LogP contribution in [-0.4, -0.2) is 61.1 Å². The van der Waals surface area contributed by atoms with Crippen LogP contribution >= 0.6 is 11.6 Å². The Hall–Kier alpha value is -1.50. The number of urea groups is 1. The van der Waals surface area contributed by atoms with Gasteiger partial charge in [0.25, 0.3) is 0 Å². The first-order valence-corrected chi connectivity index (χ1v) is 7.69. The largest absolute Gasteiger partial charge is 0.490 e. The van der Waals surface area contributed by atoms with Gasteiger partial charge >= 0.3 is 6.03 Å². The number of nitrogens with zero attached hydrogens (tertiary/aromatic N) is 1. The van der Waals surface area contributed by atoms with Crippen molar-refractivity contribution in [1.82, 2.24) is 10.2 Å². The number of hydrogen-bond donors (Lipinski definition) is 2. The molecule has 2 atom stereocenters. The first kappa shape index (κ1) is 16.9. The van der Waals surface area contributed by atoms with Crippen molar-refractivity contribution < 1.29 is 19.4 Å². The third-order valence-electron chi connectivity index (χ3n) is 3.50. The molecule has 22 heavy (non-hydrogen) atoms. The summed E-state index contributed by atoms with van der Waals surface area (Å²) in [5, 5.41) is 13.1. The van der Waals surface area contributed by atoms with Crippen molar-refractivity contribution >= 4 is 17.6 Å². The molecule has 7 heteroatoms. The number of aliphatic hydroxyl groups excluding tert-OH is 1. The molecule has 2 rings (SSSR count). The number of benzene rings is 1. The summed E-state index contributed by atoms with van der Waals surface area (Å²) in [5.74, 6) is 0.588. The van der Waals surface area contributed by atoms with E-state index >= 15 is 0 Å². The van der Waals surface area contributed by atoms with E-state index in [2.05, 4.69) is 5.32 Å². The summed E-state index contributed by atoms with van der Waals surface area (Å²) < 4.78 is 10.7. The molecular formula is C15H21ClN2O4. The van der Waals surface area contributed by atoms with Gasteiger partial charge in [-0.2, -0.15) is 0 Å². The Morgan fingerprint density at radius 3 is 2.91 bits per heavy atom. The Balaban J connectivity index is 1.76. The minimum absolute atomic E-state index is 0.236. The van der Waals surface area contributed by atoms with Gasteiger partial charge in [-0.05, 0) is 19.1 Å². The Kier molecular flexibility index (Phi) is 6.30. The van der Waals surface area contributed by atoms with E-state index in [0.29, 0.717) is 37.1 Å². The lowest BCUT2D eigenvalue weighted by atomic mass is 10.2. The predicted molar refractivity (Wildman–Crippen MR) is 83.3 cm³/mol. The molecule has 0 unspecified atom stereocenters. The second-order valence-electron chi connectivity index (χ2n) is 4.97. The average molecular weight is 329 g/mol. The first-order valence-electron chi connectivity index (χ1n) is 7.31. The van der Waals surface area contributed by atoms with E-state index in [1.54, 1.807) is 17.0 Å². The molecule has 1 aliphatic rings. The van der Waals surface area contributed by atoms with Crippen molar-refractivity contribution in [3.8, 4) is 5.75 Å². The lowest BCUT2D eigenvalue weighted by Gasteiger charge is -2.28. The topological polar surface area (TPSA) is 71.0 Å². The van der Waals surface area contributed by atoms with Gasteiger partial charge in [-0.1, -0.05) is 23.7 Å². The molecule has 0 bridgehead atoms. The number of nitrogens with one attached hydrogen (secondary N) is 1. The van der Waals surface area contributed by atoms with Crippen molar-refractivity contribution in [2.24, 2.45) is 0 Å². The molecule has 122 valence electrons. The van der Waals surface area contributed by atoms with Crippen LogP contribution in [0, 0.1) is 0 Å². The summed E-state index contributed by atoms with van der Waals surface area (Å²) in [6.45, 7) is 3.66. The zero-order chi connectivity index (χ0) is 15.9. The zero-order valence-corrected chi connectivity index (χ0v) is 13.3. The van der Waals surface area contributed by atoms with Gasteiger partial charge in [0.2, 0.25) is 0 Å². The van der Waals surface area contributed by atoms with E-state index in [-0.39, 0.29) is 18.7 Å². The molecule has 2 N–H and O–H groups in total. The smallest absolute Gasteiger partial charge is 0.317 e. The second kappa shape index (κ2) is 8.22. The summed E-state index contributed by atoms with van der Waals surface area (Å²) in [6, 6.07) is 6.64. The van der Waals surface area contributed by atoms with Crippen molar-refractivity contribution in [2.45, 2.75) is 19.1 Å². The highest BCUT2D eigenvalue weighted by atomic mass is 35.5. The van der Waals surface area contributed by atoms with E-state index in [0.717, 1.165) is 0 Å². The maximum absolute atomic E-state index is 12.2. The van der Waals surface area contributed by atoms with Gasteiger partial charge < -0.3 is 24.8 Å². The van der Waals surface area contributed by atoms with E-state index in [4.69, 9.17) is 21.1 Å². The Morgan fingerprint density at radius 2 is 2.27 bits per heavy atom. The monoisotopic (exact) mass is 328 g/mol. The molecular weight excluding hydrogens is 308 g/mol. The summed E-state index contributed by atoms with van der Waals surface area (Å²) in [5.41, 5.74) is 0. The molecule has 1 aromatic rings. The molecule has 6 nitrogen and oxygen atoms in total. The number of para-hydroxylation sites is 1. The number of aliphatic hydroxyl groups is 1. The number of amides is 2. The normalized spacial score (nSPS) is 20.7. The van der Waals surface area contributed by atoms with E-state index in [1.165, 1.54) is 0 Å². The highest BCUT2D eigenvalue weighted by Gasteiger charge is 2.33. The third-order valence-corrected chi connectivity index (χ3v) is 3.81. The quantitative estimate of drug-likeness (QED) is 0.777.